The number of piperidine rings is 1. The molecule has 1 aliphatic heterocycles. The summed E-state index contributed by atoms with van der Waals surface area (Å²) in [5, 5.41) is 11.3. The number of hydrogen-bond acceptors (Lipinski definition) is 3. The van der Waals surface area contributed by atoms with Gasteiger partial charge in [0.2, 0.25) is 0 Å². The first-order valence-electron chi connectivity index (χ1n) is 7.85. The van der Waals surface area contributed by atoms with E-state index in [0.29, 0.717) is 19.2 Å². The normalized spacial score (nSPS) is 21.5. The fourth-order valence-electron chi connectivity index (χ4n) is 3.12. The number of β-amino-alcohol motifs (C(OH)–C–C–N with tert-alkyl or cyclic N) is 1. The number of nitrogens with one attached hydrogen (secondary N) is 1. The highest BCUT2D eigenvalue weighted by atomic mass is 16.5. The number of aromatic amines is 1. The molecule has 2 N–H and O–H groups in total. The van der Waals surface area contributed by atoms with Gasteiger partial charge >= 0.3 is 0 Å². The van der Waals surface area contributed by atoms with Crippen molar-refractivity contribution in [3.05, 3.63) is 30.5 Å². The molecular formula is C17H24N2O2. The maximum Gasteiger partial charge on any atom is 0.128 e. The van der Waals surface area contributed by atoms with E-state index in [-0.39, 0.29) is 0 Å². The van der Waals surface area contributed by atoms with Gasteiger partial charge in [0.05, 0.1) is 0 Å². The number of aliphatic hydroxyl groups is 1. The van der Waals surface area contributed by atoms with E-state index in [9.17, 15) is 5.11 Å². The summed E-state index contributed by atoms with van der Waals surface area (Å²) in [5.74, 6) is 0.833. The first kappa shape index (κ1) is 14.4. The number of ether oxygens (including phenoxy) is 1. The quantitative estimate of drug-likeness (QED) is 0.889. The molecule has 1 fully saturated rings. The third kappa shape index (κ3) is 3.39. The van der Waals surface area contributed by atoms with Crippen LogP contribution < -0.4 is 4.74 Å². The van der Waals surface area contributed by atoms with E-state index >= 15 is 0 Å². The van der Waals surface area contributed by atoms with E-state index < -0.39 is 6.10 Å². The molecule has 2 aromatic rings. The van der Waals surface area contributed by atoms with Gasteiger partial charge in [0.25, 0.3) is 0 Å². The molecule has 2 heterocycles. The van der Waals surface area contributed by atoms with Gasteiger partial charge in [-0.05, 0) is 44.5 Å². The van der Waals surface area contributed by atoms with Crippen molar-refractivity contribution in [2.75, 3.05) is 19.7 Å². The number of aliphatic hydroxyl groups excluding tert-OH is 1. The van der Waals surface area contributed by atoms with Gasteiger partial charge in [-0.1, -0.05) is 12.5 Å². The van der Waals surface area contributed by atoms with Gasteiger partial charge in [0.15, 0.2) is 0 Å². The molecule has 21 heavy (non-hydrogen) atoms. The summed E-state index contributed by atoms with van der Waals surface area (Å²) in [6.07, 6.45) is 5.24. The highest BCUT2D eigenvalue weighted by molar-refractivity contribution is 5.85. The summed E-state index contributed by atoms with van der Waals surface area (Å²) in [6.45, 7) is 4.37. The molecule has 1 saturated heterocycles. The van der Waals surface area contributed by atoms with Gasteiger partial charge in [-0.25, -0.2) is 0 Å². The Morgan fingerprint density at radius 1 is 1.38 bits per heavy atom. The summed E-state index contributed by atoms with van der Waals surface area (Å²) < 4.78 is 5.82. The number of benzene rings is 1. The van der Waals surface area contributed by atoms with E-state index in [0.717, 1.165) is 23.2 Å². The third-order valence-electron chi connectivity index (χ3n) is 4.37. The third-order valence-corrected chi connectivity index (χ3v) is 4.37. The number of hydrogen-bond donors (Lipinski definition) is 2. The van der Waals surface area contributed by atoms with Crippen molar-refractivity contribution in [2.45, 2.75) is 38.3 Å². The Labute approximate surface area is 125 Å². The van der Waals surface area contributed by atoms with Gasteiger partial charge in [0, 0.05) is 29.7 Å². The minimum atomic E-state index is -0.445. The average molecular weight is 288 g/mol. The van der Waals surface area contributed by atoms with Crippen molar-refractivity contribution in [2.24, 2.45) is 0 Å². The molecule has 0 spiro atoms. The Kier molecular flexibility index (Phi) is 4.46. The number of rotatable bonds is 5. The Balaban J connectivity index is 1.56. The monoisotopic (exact) mass is 288 g/mol. The van der Waals surface area contributed by atoms with Crippen molar-refractivity contribution >= 4 is 10.9 Å². The van der Waals surface area contributed by atoms with E-state index in [4.69, 9.17) is 4.74 Å². The number of likely N-dealkylation sites (tertiary alicyclic amines) is 1. The SMILES string of the molecule is CC1CCCCN1CC(O)COc1cccc2[nH]ccc12. The minimum Gasteiger partial charge on any atom is -0.490 e. The fraction of sp³-hybridized carbons (Fsp3) is 0.529. The zero-order chi connectivity index (χ0) is 14.7. The van der Waals surface area contributed by atoms with E-state index in [1.54, 1.807) is 0 Å². The largest absolute Gasteiger partial charge is 0.490 e. The number of nitrogens with zero attached hydrogens (tertiary/aromatic N) is 1. The molecular weight excluding hydrogens is 264 g/mol. The molecule has 114 valence electrons. The molecule has 0 amide bonds. The van der Waals surface area contributed by atoms with Crippen LogP contribution in [0.3, 0.4) is 0 Å². The molecule has 1 aromatic carbocycles. The molecule has 0 saturated carbocycles. The maximum atomic E-state index is 10.2. The van der Waals surface area contributed by atoms with Gasteiger partial charge in [-0.2, -0.15) is 0 Å². The van der Waals surface area contributed by atoms with Gasteiger partial charge in [0.1, 0.15) is 18.5 Å². The second-order valence-corrected chi connectivity index (χ2v) is 6.00. The minimum absolute atomic E-state index is 0.341. The van der Waals surface area contributed by atoms with Crippen LogP contribution in [0.5, 0.6) is 5.75 Å². The Morgan fingerprint density at radius 3 is 3.14 bits per heavy atom. The van der Waals surface area contributed by atoms with Crippen LogP contribution in [0.25, 0.3) is 10.9 Å². The zero-order valence-electron chi connectivity index (χ0n) is 12.6. The predicted molar refractivity (Wildman–Crippen MR) is 84.7 cm³/mol. The molecule has 4 nitrogen and oxygen atoms in total. The molecule has 0 bridgehead atoms. The molecule has 4 heteroatoms. The van der Waals surface area contributed by atoms with Crippen LogP contribution in [-0.4, -0.2) is 46.8 Å². The lowest BCUT2D eigenvalue weighted by Crippen LogP contribution is -2.43. The first-order chi connectivity index (χ1) is 10.2. The number of H-pyrrole nitrogens is 1. The summed E-state index contributed by atoms with van der Waals surface area (Å²) in [5.41, 5.74) is 1.06. The Bertz CT molecular complexity index is 581. The van der Waals surface area contributed by atoms with Crippen LogP contribution in [-0.2, 0) is 0 Å². The van der Waals surface area contributed by atoms with Crippen LogP contribution in [0.2, 0.25) is 0 Å². The lowest BCUT2D eigenvalue weighted by molar-refractivity contribution is 0.0441. The van der Waals surface area contributed by atoms with E-state index in [1.165, 1.54) is 19.3 Å². The second kappa shape index (κ2) is 6.50. The van der Waals surface area contributed by atoms with Gasteiger partial charge in [-0.15, -0.1) is 0 Å². The van der Waals surface area contributed by atoms with E-state index in [1.807, 2.05) is 30.5 Å². The molecule has 0 radical (unpaired) electrons. The molecule has 2 unspecified atom stereocenters. The van der Waals surface area contributed by atoms with Crippen molar-refractivity contribution in [3.8, 4) is 5.75 Å². The highest BCUT2D eigenvalue weighted by Crippen LogP contribution is 2.24. The first-order valence-corrected chi connectivity index (χ1v) is 7.85. The van der Waals surface area contributed by atoms with Crippen molar-refractivity contribution < 1.29 is 9.84 Å². The smallest absolute Gasteiger partial charge is 0.128 e. The zero-order valence-corrected chi connectivity index (χ0v) is 12.6. The Hall–Kier alpha value is -1.52. The van der Waals surface area contributed by atoms with Crippen molar-refractivity contribution in [3.63, 3.8) is 0 Å². The lowest BCUT2D eigenvalue weighted by Gasteiger charge is -2.34. The predicted octanol–water partition coefficient (Wildman–Crippen LogP) is 2.78. The summed E-state index contributed by atoms with van der Waals surface area (Å²) >= 11 is 0. The fourth-order valence-corrected chi connectivity index (χ4v) is 3.12. The van der Waals surface area contributed by atoms with Crippen LogP contribution in [0, 0.1) is 0 Å². The van der Waals surface area contributed by atoms with Crippen LogP contribution in [0.15, 0.2) is 30.5 Å². The Morgan fingerprint density at radius 2 is 2.29 bits per heavy atom. The van der Waals surface area contributed by atoms with Crippen LogP contribution in [0.1, 0.15) is 26.2 Å². The average Bonchev–Trinajstić information content (AvgIpc) is 2.96. The molecule has 3 rings (SSSR count). The van der Waals surface area contributed by atoms with Gasteiger partial charge < -0.3 is 14.8 Å². The topological polar surface area (TPSA) is 48.5 Å². The highest BCUT2D eigenvalue weighted by Gasteiger charge is 2.21. The molecule has 0 aliphatic carbocycles. The van der Waals surface area contributed by atoms with Crippen LogP contribution in [0.4, 0.5) is 0 Å². The summed E-state index contributed by atoms with van der Waals surface area (Å²) in [6, 6.07) is 8.51. The van der Waals surface area contributed by atoms with Gasteiger partial charge in [-0.3, -0.25) is 4.90 Å². The lowest BCUT2D eigenvalue weighted by atomic mass is 10.0. The standard InChI is InChI=1S/C17H24N2O2/c1-13-5-2-3-10-19(13)11-14(20)12-21-17-7-4-6-16-15(17)8-9-18-16/h4,6-9,13-14,18,20H,2-3,5,10-12H2,1H3. The molecule has 1 aromatic heterocycles. The van der Waals surface area contributed by atoms with Crippen LogP contribution >= 0.6 is 0 Å². The number of fused-ring (bicyclic) bond motifs is 1. The number of aromatic nitrogens is 1. The summed E-state index contributed by atoms with van der Waals surface area (Å²) in [4.78, 5) is 5.54. The molecule has 1 aliphatic rings. The van der Waals surface area contributed by atoms with Crippen molar-refractivity contribution in [1.82, 2.24) is 9.88 Å². The van der Waals surface area contributed by atoms with Crippen molar-refractivity contribution in [1.29, 1.82) is 0 Å². The maximum absolute atomic E-state index is 10.2. The van der Waals surface area contributed by atoms with E-state index in [2.05, 4.69) is 16.8 Å². The summed E-state index contributed by atoms with van der Waals surface area (Å²) in [7, 11) is 0. The molecule has 2 atom stereocenters. The second-order valence-electron chi connectivity index (χ2n) is 6.00.